The lowest BCUT2D eigenvalue weighted by molar-refractivity contribution is -0.117. The summed E-state index contributed by atoms with van der Waals surface area (Å²) < 4.78 is 22.5. The van der Waals surface area contributed by atoms with E-state index in [0.717, 1.165) is 12.8 Å². The first-order valence-corrected chi connectivity index (χ1v) is 12.8. The minimum atomic E-state index is -0.650. The Morgan fingerprint density at radius 1 is 0.974 bits per heavy atom. The molecule has 1 aromatic heterocycles. The van der Waals surface area contributed by atoms with Crippen molar-refractivity contribution in [2.24, 2.45) is 5.73 Å². The van der Waals surface area contributed by atoms with Crippen molar-refractivity contribution in [3.8, 4) is 17.2 Å². The van der Waals surface area contributed by atoms with E-state index in [1.165, 1.54) is 0 Å². The molecule has 0 saturated carbocycles. The van der Waals surface area contributed by atoms with Gasteiger partial charge >= 0.3 is 0 Å². The number of hydrogen-bond acceptors (Lipinski definition) is 8. The number of ether oxygens (including phenoxy) is 3. The normalized spacial score (nSPS) is 12.0. The van der Waals surface area contributed by atoms with Crippen LogP contribution in [-0.2, 0) is 4.79 Å². The number of nitrogens with one attached hydrogen (secondary N) is 1. The molecule has 0 saturated heterocycles. The summed E-state index contributed by atoms with van der Waals surface area (Å²) in [7, 11) is 1.56. The van der Waals surface area contributed by atoms with Gasteiger partial charge in [-0.15, -0.1) is 0 Å². The maximum Gasteiger partial charge on any atom is 0.254 e. The molecule has 10 heteroatoms. The smallest absolute Gasteiger partial charge is 0.254 e. The van der Waals surface area contributed by atoms with Crippen molar-refractivity contribution in [1.82, 2.24) is 10.1 Å². The first-order chi connectivity index (χ1) is 18.1. The van der Waals surface area contributed by atoms with Gasteiger partial charge < -0.3 is 34.7 Å². The van der Waals surface area contributed by atoms with Crippen LogP contribution in [0.5, 0.6) is 17.2 Å². The molecule has 1 heterocycles. The molecule has 0 unspecified atom stereocenters. The molecule has 3 aromatic rings. The van der Waals surface area contributed by atoms with E-state index >= 15 is 0 Å². The number of methoxy groups -OCH3 is 1. The van der Waals surface area contributed by atoms with E-state index in [9.17, 15) is 9.59 Å². The minimum absolute atomic E-state index is 0.0355. The van der Waals surface area contributed by atoms with Gasteiger partial charge in [0.15, 0.2) is 22.9 Å². The highest BCUT2D eigenvalue weighted by Crippen LogP contribution is 2.30. The molecule has 206 valence electrons. The average Bonchev–Trinajstić information content (AvgIpc) is 3.27. The summed E-state index contributed by atoms with van der Waals surface area (Å²) in [5.74, 6) is 1.71. The Morgan fingerprint density at radius 2 is 1.66 bits per heavy atom. The second-order valence-electron chi connectivity index (χ2n) is 9.64. The van der Waals surface area contributed by atoms with Crippen LogP contribution in [0.3, 0.4) is 0 Å². The summed E-state index contributed by atoms with van der Waals surface area (Å²) in [6, 6.07) is 10.1. The summed E-state index contributed by atoms with van der Waals surface area (Å²) in [5, 5.41) is 7.21. The molecule has 0 fully saturated rings. The number of benzene rings is 2. The van der Waals surface area contributed by atoms with Gasteiger partial charge in [0.2, 0.25) is 5.91 Å². The first kappa shape index (κ1) is 28.8. The summed E-state index contributed by atoms with van der Waals surface area (Å²) >= 11 is 0. The molecule has 1 atom stereocenters. The lowest BCUT2D eigenvalue weighted by Crippen LogP contribution is -2.42. The van der Waals surface area contributed by atoms with E-state index in [1.807, 2.05) is 32.6 Å². The molecule has 10 nitrogen and oxygen atoms in total. The van der Waals surface area contributed by atoms with Gasteiger partial charge in [-0.3, -0.25) is 9.59 Å². The van der Waals surface area contributed by atoms with Crippen LogP contribution in [0.25, 0.3) is 11.0 Å². The molecule has 0 spiro atoms. The quantitative estimate of drug-likeness (QED) is 0.309. The van der Waals surface area contributed by atoms with E-state index in [-0.39, 0.29) is 23.9 Å². The fraction of sp³-hybridized carbons (Fsp3) is 0.464. The van der Waals surface area contributed by atoms with Crippen LogP contribution in [0.4, 0.5) is 5.82 Å². The number of nitrogens with two attached hydrogens (primary N) is 1. The van der Waals surface area contributed by atoms with Gasteiger partial charge in [0, 0.05) is 23.7 Å². The third-order valence-corrected chi connectivity index (χ3v) is 5.92. The van der Waals surface area contributed by atoms with Crippen LogP contribution in [0, 0.1) is 0 Å². The van der Waals surface area contributed by atoms with Gasteiger partial charge in [0.05, 0.1) is 31.8 Å². The van der Waals surface area contributed by atoms with Crippen molar-refractivity contribution in [2.75, 3.05) is 25.6 Å². The predicted molar refractivity (Wildman–Crippen MR) is 146 cm³/mol. The second kappa shape index (κ2) is 13.1. The minimum Gasteiger partial charge on any atom is -0.493 e. The van der Waals surface area contributed by atoms with E-state index in [0.29, 0.717) is 52.8 Å². The number of unbranched alkanes of at least 4 members (excludes halogenated alkanes) is 1. The van der Waals surface area contributed by atoms with Gasteiger partial charge in [0.25, 0.3) is 5.91 Å². The maximum absolute atomic E-state index is 13.0. The number of hydrogen-bond donors (Lipinski definition) is 2. The topological polar surface area (TPSA) is 129 Å². The zero-order valence-corrected chi connectivity index (χ0v) is 22.9. The van der Waals surface area contributed by atoms with E-state index in [2.05, 4.69) is 10.5 Å². The van der Waals surface area contributed by atoms with Gasteiger partial charge in [-0.05, 0) is 77.8 Å². The maximum atomic E-state index is 13.0. The average molecular weight is 527 g/mol. The van der Waals surface area contributed by atoms with Crippen LogP contribution in [0.2, 0.25) is 0 Å². The lowest BCUT2D eigenvalue weighted by atomic mass is 10.1. The highest BCUT2D eigenvalue weighted by Gasteiger charge is 2.22. The zero-order valence-electron chi connectivity index (χ0n) is 22.9. The molecule has 3 N–H and O–H groups in total. The Morgan fingerprint density at radius 3 is 2.29 bits per heavy atom. The van der Waals surface area contributed by atoms with Gasteiger partial charge in [0.1, 0.15) is 5.75 Å². The fourth-order valence-electron chi connectivity index (χ4n) is 4.04. The molecule has 0 aliphatic rings. The number of carbonyl (C=O) groups is 2. The monoisotopic (exact) mass is 526 g/mol. The molecule has 3 rings (SSSR count). The number of fused-ring (bicyclic) bond motifs is 1. The molecule has 2 aromatic carbocycles. The molecule has 0 radical (unpaired) electrons. The van der Waals surface area contributed by atoms with Crippen molar-refractivity contribution < 1.29 is 28.3 Å². The summed E-state index contributed by atoms with van der Waals surface area (Å²) in [6.45, 7) is 10.6. The molecule has 0 aliphatic heterocycles. The number of anilines is 1. The molecule has 0 bridgehead atoms. The van der Waals surface area contributed by atoms with Crippen molar-refractivity contribution in [3.63, 3.8) is 0 Å². The molecular weight excluding hydrogens is 488 g/mol. The van der Waals surface area contributed by atoms with Crippen LogP contribution >= 0.6 is 0 Å². The second-order valence-corrected chi connectivity index (χ2v) is 9.64. The van der Waals surface area contributed by atoms with Crippen LogP contribution in [0.15, 0.2) is 40.9 Å². The SMILES string of the molecule is COc1cc(C(=O)N(C(C)C)C(C)C)ccc1OCCCCOc1ccc2c(NC(=O)[C@H](C)N)noc2c1. The fourth-order valence-corrected chi connectivity index (χ4v) is 4.04. The molecule has 38 heavy (non-hydrogen) atoms. The predicted octanol–water partition coefficient (Wildman–Crippen LogP) is 4.62. The summed E-state index contributed by atoms with van der Waals surface area (Å²) in [6.07, 6.45) is 1.52. The van der Waals surface area contributed by atoms with Crippen molar-refractivity contribution in [1.29, 1.82) is 0 Å². The van der Waals surface area contributed by atoms with E-state index in [4.69, 9.17) is 24.5 Å². The Balaban J connectivity index is 1.48. The van der Waals surface area contributed by atoms with Crippen molar-refractivity contribution in [2.45, 2.75) is 65.6 Å². The van der Waals surface area contributed by atoms with Crippen LogP contribution in [-0.4, -0.2) is 60.3 Å². The molecular formula is C28H38N4O6. The number of aromatic nitrogens is 1. The third-order valence-electron chi connectivity index (χ3n) is 5.92. The number of rotatable bonds is 13. The number of carbonyl (C=O) groups excluding carboxylic acids is 2. The zero-order chi connectivity index (χ0) is 27.8. The molecule has 2 amide bonds. The van der Waals surface area contributed by atoms with Crippen LogP contribution in [0.1, 0.15) is 57.8 Å². The lowest BCUT2D eigenvalue weighted by Gasteiger charge is -2.31. The number of amides is 2. The third kappa shape index (κ3) is 7.16. The molecule has 0 aliphatic carbocycles. The summed E-state index contributed by atoms with van der Waals surface area (Å²) in [4.78, 5) is 26.6. The Bertz CT molecular complexity index is 1230. The summed E-state index contributed by atoms with van der Waals surface area (Å²) in [5.41, 5.74) is 6.65. The number of nitrogens with zero attached hydrogens (tertiary/aromatic N) is 2. The largest absolute Gasteiger partial charge is 0.493 e. The Kier molecular flexibility index (Phi) is 9.95. The Hall–Kier alpha value is -3.79. The van der Waals surface area contributed by atoms with Crippen molar-refractivity contribution >= 4 is 28.6 Å². The van der Waals surface area contributed by atoms with Gasteiger partial charge in [-0.2, -0.15) is 0 Å². The van der Waals surface area contributed by atoms with Crippen LogP contribution < -0.4 is 25.3 Å². The standard InChI is InChI=1S/C28H38N4O6/c1-17(2)32(18(3)4)28(34)20-9-12-23(25(15-20)35-6)37-14-8-7-13-36-21-10-11-22-24(16-21)38-31-26(22)30-27(33)19(5)29/h9-12,15-19H,7-8,13-14,29H2,1-6H3,(H,30,31,33)/t19-/m0/s1. The highest BCUT2D eigenvalue weighted by atomic mass is 16.5. The Labute approximate surface area is 223 Å². The van der Waals surface area contributed by atoms with E-state index < -0.39 is 6.04 Å². The van der Waals surface area contributed by atoms with Gasteiger partial charge in [-0.25, -0.2) is 0 Å². The first-order valence-electron chi connectivity index (χ1n) is 12.8. The highest BCUT2D eigenvalue weighted by molar-refractivity contribution is 6.01. The van der Waals surface area contributed by atoms with Gasteiger partial charge in [-0.1, -0.05) is 5.16 Å². The van der Waals surface area contributed by atoms with Crippen molar-refractivity contribution in [3.05, 3.63) is 42.0 Å². The van der Waals surface area contributed by atoms with E-state index in [1.54, 1.807) is 50.4 Å².